The molecular weight excluding hydrogens is 162 g/mol. The van der Waals surface area contributed by atoms with Crippen LogP contribution in [0.4, 0.5) is 0 Å². The predicted molar refractivity (Wildman–Crippen MR) is 52.6 cm³/mol. The number of nitrogens with zero attached hydrogens (tertiary/aromatic N) is 1. The minimum atomic E-state index is 0.0821. The summed E-state index contributed by atoms with van der Waals surface area (Å²) in [6.45, 7) is 6.48. The first-order chi connectivity index (χ1) is 6.09. The summed E-state index contributed by atoms with van der Waals surface area (Å²) in [5, 5.41) is 4.14. The van der Waals surface area contributed by atoms with Crippen LogP contribution in [0.5, 0.6) is 0 Å². The number of rotatable bonds is 0. The second-order valence-corrected chi connectivity index (χ2v) is 4.56. The maximum absolute atomic E-state index is 5.31. The van der Waals surface area contributed by atoms with E-state index in [1.54, 1.807) is 0 Å². The van der Waals surface area contributed by atoms with Crippen LogP contribution in [-0.2, 0) is 11.8 Å². The lowest BCUT2D eigenvalue weighted by molar-refractivity contribution is 0.364. The highest BCUT2D eigenvalue weighted by Gasteiger charge is 2.25. The van der Waals surface area contributed by atoms with Crippen molar-refractivity contribution in [3.8, 4) is 0 Å². The molecule has 1 aromatic heterocycles. The Bertz CT molecular complexity index is 341. The Hall–Kier alpha value is -1.05. The summed E-state index contributed by atoms with van der Waals surface area (Å²) < 4.78 is 5.31. The number of fused-ring (bicyclic) bond motifs is 1. The van der Waals surface area contributed by atoms with Crippen molar-refractivity contribution in [3.05, 3.63) is 23.1 Å². The average Bonchev–Trinajstić information content (AvgIpc) is 2.45. The zero-order valence-electron chi connectivity index (χ0n) is 8.42. The van der Waals surface area contributed by atoms with E-state index < -0.39 is 0 Å². The molecule has 0 atom stereocenters. The summed E-state index contributed by atoms with van der Waals surface area (Å²) in [5.41, 5.74) is 2.37. The zero-order valence-corrected chi connectivity index (χ0v) is 8.42. The molecule has 0 aliphatic heterocycles. The molecule has 0 unspecified atom stereocenters. The second-order valence-electron chi connectivity index (χ2n) is 4.56. The molecule has 0 saturated carbocycles. The van der Waals surface area contributed by atoms with Gasteiger partial charge in [0.05, 0.1) is 5.69 Å². The minimum Gasteiger partial charge on any atom is -0.360 e. The molecule has 0 aromatic carbocycles. The Balaban J connectivity index is 2.51. The van der Waals surface area contributed by atoms with Gasteiger partial charge < -0.3 is 4.52 Å². The SMILES string of the molecule is CC(C)(C)c1noc2c1C=CCC2. The van der Waals surface area contributed by atoms with Crippen molar-refractivity contribution in [2.24, 2.45) is 0 Å². The van der Waals surface area contributed by atoms with E-state index in [2.05, 4.69) is 38.1 Å². The predicted octanol–water partition coefficient (Wildman–Crippen LogP) is 2.93. The topological polar surface area (TPSA) is 26.0 Å². The van der Waals surface area contributed by atoms with Gasteiger partial charge in [0, 0.05) is 17.4 Å². The maximum Gasteiger partial charge on any atom is 0.144 e. The van der Waals surface area contributed by atoms with Gasteiger partial charge in [0.2, 0.25) is 0 Å². The van der Waals surface area contributed by atoms with Crippen molar-refractivity contribution in [2.75, 3.05) is 0 Å². The first-order valence-corrected chi connectivity index (χ1v) is 4.74. The number of aromatic nitrogens is 1. The molecule has 1 aliphatic rings. The Morgan fingerprint density at radius 2 is 2.15 bits per heavy atom. The second kappa shape index (κ2) is 2.72. The van der Waals surface area contributed by atoms with Gasteiger partial charge in [-0.05, 0) is 6.42 Å². The van der Waals surface area contributed by atoms with Gasteiger partial charge in [-0.1, -0.05) is 38.1 Å². The Kier molecular flexibility index (Phi) is 1.79. The van der Waals surface area contributed by atoms with Crippen LogP contribution in [0.3, 0.4) is 0 Å². The molecule has 2 rings (SSSR count). The largest absolute Gasteiger partial charge is 0.360 e. The van der Waals surface area contributed by atoms with E-state index in [1.165, 1.54) is 5.56 Å². The smallest absolute Gasteiger partial charge is 0.144 e. The van der Waals surface area contributed by atoms with Gasteiger partial charge in [0.25, 0.3) is 0 Å². The normalized spacial score (nSPS) is 15.9. The fourth-order valence-electron chi connectivity index (χ4n) is 1.64. The molecule has 1 aliphatic carbocycles. The first-order valence-electron chi connectivity index (χ1n) is 4.74. The van der Waals surface area contributed by atoms with Crippen LogP contribution >= 0.6 is 0 Å². The van der Waals surface area contributed by atoms with E-state index in [9.17, 15) is 0 Å². The summed E-state index contributed by atoms with van der Waals surface area (Å²) in [6.07, 6.45) is 6.39. The van der Waals surface area contributed by atoms with E-state index in [0.29, 0.717) is 0 Å². The Morgan fingerprint density at radius 1 is 1.38 bits per heavy atom. The fraction of sp³-hybridized carbons (Fsp3) is 0.545. The standard InChI is InChI=1S/C11H15NO/c1-11(2,3)10-8-6-4-5-7-9(8)13-12-10/h4,6H,5,7H2,1-3H3. The molecule has 0 fully saturated rings. The van der Waals surface area contributed by atoms with Gasteiger partial charge >= 0.3 is 0 Å². The molecule has 0 bridgehead atoms. The molecule has 1 heterocycles. The van der Waals surface area contributed by atoms with Crippen molar-refractivity contribution in [1.82, 2.24) is 5.16 Å². The molecule has 0 radical (unpaired) electrons. The van der Waals surface area contributed by atoms with Crippen LogP contribution in [0.15, 0.2) is 10.6 Å². The molecular formula is C11H15NO. The van der Waals surface area contributed by atoms with Gasteiger partial charge in [-0.3, -0.25) is 0 Å². The Labute approximate surface area is 78.6 Å². The van der Waals surface area contributed by atoms with Crippen molar-refractivity contribution >= 4 is 6.08 Å². The lowest BCUT2D eigenvalue weighted by Gasteiger charge is -2.16. The lowest BCUT2D eigenvalue weighted by Crippen LogP contribution is -2.13. The highest BCUT2D eigenvalue weighted by Crippen LogP contribution is 2.30. The van der Waals surface area contributed by atoms with Crippen LogP contribution in [0.1, 0.15) is 44.2 Å². The van der Waals surface area contributed by atoms with Gasteiger partial charge in [0.15, 0.2) is 0 Å². The third-order valence-corrected chi connectivity index (χ3v) is 2.34. The molecule has 70 valence electrons. The molecule has 1 aromatic rings. The first kappa shape index (κ1) is 8.54. The number of allylic oxidation sites excluding steroid dienone is 1. The van der Waals surface area contributed by atoms with Crippen LogP contribution < -0.4 is 0 Å². The van der Waals surface area contributed by atoms with Gasteiger partial charge in [0.1, 0.15) is 5.76 Å². The van der Waals surface area contributed by atoms with E-state index in [0.717, 1.165) is 24.3 Å². The summed E-state index contributed by atoms with van der Waals surface area (Å²) >= 11 is 0. The molecule has 0 spiro atoms. The summed E-state index contributed by atoms with van der Waals surface area (Å²) in [6, 6.07) is 0. The van der Waals surface area contributed by atoms with Gasteiger partial charge in [-0.15, -0.1) is 0 Å². The summed E-state index contributed by atoms with van der Waals surface area (Å²) in [7, 11) is 0. The van der Waals surface area contributed by atoms with Gasteiger partial charge in [-0.25, -0.2) is 0 Å². The molecule has 2 heteroatoms. The Morgan fingerprint density at radius 3 is 2.85 bits per heavy atom. The van der Waals surface area contributed by atoms with Gasteiger partial charge in [-0.2, -0.15) is 0 Å². The zero-order chi connectivity index (χ0) is 9.47. The molecule has 0 N–H and O–H groups in total. The molecule has 0 saturated heterocycles. The van der Waals surface area contributed by atoms with Crippen molar-refractivity contribution in [1.29, 1.82) is 0 Å². The summed E-state index contributed by atoms with van der Waals surface area (Å²) in [5.74, 6) is 1.05. The van der Waals surface area contributed by atoms with E-state index >= 15 is 0 Å². The third kappa shape index (κ3) is 1.41. The van der Waals surface area contributed by atoms with Crippen LogP contribution in [0.2, 0.25) is 0 Å². The number of hydrogen-bond acceptors (Lipinski definition) is 2. The monoisotopic (exact) mass is 177 g/mol. The fourth-order valence-corrected chi connectivity index (χ4v) is 1.64. The van der Waals surface area contributed by atoms with E-state index in [-0.39, 0.29) is 5.41 Å². The summed E-state index contributed by atoms with van der Waals surface area (Å²) in [4.78, 5) is 0. The molecule has 13 heavy (non-hydrogen) atoms. The van der Waals surface area contributed by atoms with Crippen LogP contribution in [-0.4, -0.2) is 5.16 Å². The lowest BCUT2D eigenvalue weighted by atomic mass is 9.87. The number of hydrogen-bond donors (Lipinski definition) is 0. The average molecular weight is 177 g/mol. The van der Waals surface area contributed by atoms with Crippen molar-refractivity contribution in [3.63, 3.8) is 0 Å². The quantitative estimate of drug-likeness (QED) is 0.609. The third-order valence-electron chi connectivity index (χ3n) is 2.34. The van der Waals surface area contributed by atoms with Crippen molar-refractivity contribution < 1.29 is 4.52 Å². The van der Waals surface area contributed by atoms with Crippen molar-refractivity contribution in [2.45, 2.75) is 39.0 Å². The highest BCUT2D eigenvalue weighted by molar-refractivity contribution is 5.57. The van der Waals surface area contributed by atoms with E-state index in [4.69, 9.17) is 4.52 Å². The maximum atomic E-state index is 5.31. The molecule has 2 nitrogen and oxygen atoms in total. The van der Waals surface area contributed by atoms with Crippen LogP contribution in [0, 0.1) is 0 Å². The molecule has 0 amide bonds. The minimum absolute atomic E-state index is 0.0821. The number of aryl methyl sites for hydroxylation is 1. The van der Waals surface area contributed by atoms with Crippen LogP contribution in [0.25, 0.3) is 6.08 Å². The highest BCUT2D eigenvalue weighted by atomic mass is 16.5. The van der Waals surface area contributed by atoms with E-state index in [1.807, 2.05) is 0 Å².